The van der Waals surface area contributed by atoms with Gasteiger partial charge in [0.15, 0.2) is 5.82 Å². The number of anilines is 2. The number of carboxylic acids is 1. The number of furan rings is 1. The molecule has 0 saturated carbocycles. The fraction of sp³-hybridized carbons (Fsp3) is 0.208. The Morgan fingerprint density at radius 1 is 1.12 bits per heavy atom. The highest BCUT2D eigenvalue weighted by Crippen LogP contribution is 2.40. The Hall–Kier alpha value is -3.52. The van der Waals surface area contributed by atoms with Crippen LogP contribution in [0.15, 0.2) is 53.1 Å². The fourth-order valence-electron chi connectivity index (χ4n) is 4.57. The summed E-state index contributed by atoms with van der Waals surface area (Å²) in [5.41, 5.74) is 6.40. The van der Waals surface area contributed by atoms with Crippen molar-refractivity contribution in [2.45, 2.75) is 24.3 Å². The summed E-state index contributed by atoms with van der Waals surface area (Å²) in [6.07, 6.45) is 2.48. The molecule has 160 valence electrons. The van der Waals surface area contributed by atoms with Gasteiger partial charge in [-0.15, -0.1) is 0 Å². The van der Waals surface area contributed by atoms with Crippen LogP contribution >= 0.6 is 0 Å². The molecule has 2 aliphatic heterocycles. The molecule has 0 spiro atoms. The lowest BCUT2D eigenvalue weighted by atomic mass is 10.1. The fourth-order valence-corrected chi connectivity index (χ4v) is 5.83. The van der Waals surface area contributed by atoms with E-state index in [1.54, 1.807) is 6.26 Å². The predicted octanol–water partition coefficient (Wildman–Crippen LogP) is 3.97. The normalized spacial score (nSPS) is 17.0. The first-order chi connectivity index (χ1) is 15.5. The summed E-state index contributed by atoms with van der Waals surface area (Å²) in [4.78, 5) is 23.0. The van der Waals surface area contributed by atoms with Crippen molar-refractivity contribution in [1.82, 2.24) is 9.97 Å². The van der Waals surface area contributed by atoms with Crippen molar-refractivity contribution in [3.63, 3.8) is 0 Å². The molecule has 2 aromatic heterocycles. The second kappa shape index (κ2) is 7.27. The number of aliphatic carboxylic acids is 1. The molecular formula is C24H19N3O4S. The molecule has 4 heterocycles. The molecule has 0 aliphatic carbocycles. The molecular weight excluding hydrogens is 426 g/mol. The number of rotatable bonds is 4. The lowest BCUT2D eigenvalue weighted by Crippen LogP contribution is -2.18. The zero-order valence-corrected chi connectivity index (χ0v) is 17.9. The number of hydrogen-bond donors (Lipinski definition) is 1. The Labute approximate surface area is 186 Å². The van der Waals surface area contributed by atoms with Crippen LogP contribution in [0.2, 0.25) is 0 Å². The van der Waals surface area contributed by atoms with Crippen LogP contribution in [0, 0.1) is 0 Å². The van der Waals surface area contributed by atoms with Gasteiger partial charge in [-0.25, -0.2) is 9.97 Å². The van der Waals surface area contributed by atoms with Crippen molar-refractivity contribution in [2.24, 2.45) is 0 Å². The predicted molar refractivity (Wildman–Crippen MR) is 121 cm³/mol. The number of fused-ring (bicyclic) bond motifs is 3. The van der Waals surface area contributed by atoms with Gasteiger partial charge in [-0.2, -0.15) is 0 Å². The Balaban J connectivity index is 1.46. The molecule has 7 nitrogen and oxygen atoms in total. The summed E-state index contributed by atoms with van der Waals surface area (Å²) >= 11 is 0. The summed E-state index contributed by atoms with van der Waals surface area (Å²) in [6.45, 7) is 0.738. The van der Waals surface area contributed by atoms with Crippen molar-refractivity contribution in [3.8, 4) is 11.4 Å². The van der Waals surface area contributed by atoms with E-state index in [1.807, 2.05) is 42.5 Å². The van der Waals surface area contributed by atoms with Crippen LogP contribution in [0.5, 0.6) is 0 Å². The summed E-state index contributed by atoms with van der Waals surface area (Å²) in [6, 6.07) is 13.6. The van der Waals surface area contributed by atoms with Gasteiger partial charge in [0.05, 0.1) is 29.9 Å². The minimum atomic E-state index is -0.988. The third kappa shape index (κ3) is 3.18. The van der Waals surface area contributed by atoms with E-state index in [4.69, 9.17) is 19.5 Å². The maximum Gasteiger partial charge on any atom is 0.307 e. The van der Waals surface area contributed by atoms with Gasteiger partial charge >= 0.3 is 5.97 Å². The molecule has 1 unspecified atom stereocenters. The van der Waals surface area contributed by atoms with Crippen molar-refractivity contribution in [3.05, 3.63) is 71.1 Å². The van der Waals surface area contributed by atoms with Crippen LogP contribution in [0.1, 0.15) is 22.4 Å². The highest BCUT2D eigenvalue weighted by molar-refractivity contribution is 7.83. The lowest BCUT2D eigenvalue weighted by molar-refractivity contribution is -0.136. The first kappa shape index (κ1) is 19.2. The Morgan fingerprint density at radius 2 is 2.03 bits per heavy atom. The second-order valence-electron chi connectivity index (χ2n) is 8.13. The van der Waals surface area contributed by atoms with Crippen LogP contribution in [-0.4, -0.2) is 31.8 Å². The SMILES string of the molecule is O=C(O)Cc1ccc2c(c1)CCN2c1nc(-c2ccc3occc3c2)nc2c1CS(=O)C2. The van der Waals surface area contributed by atoms with Gasteiger partial charge in [0, 0.05) is 39.5 Å². The maximum absolute atomic E-state index is 12.4. The molecule has 1 atom stereocenters. The zero-order valence-electron chi connectivity index (χ0n) is 17.1. The van der Waals surface area contributed by atoms with Crippen LogP contribution in [-0.2, 0) is 39.9 Å². The van der Waals surface area contributed by atoms with Gasteiger partial charge in [0.25, 0.3) is 0 Å². The molecule has 4 aromatic rings. The molecule has 1 N–H and O–H groups in total. The summed E-state index contributed by atoms with van der Waals surface area (Å²) in [7, 11) is -0.988. The van der Waals surface area contributed by atoms with Crippen molar-refractivity contribution in [2.75, 3.05) is 11.4 Å². The van der Waals surface area contributed by atoms with E-state index in [1.165, 1.54) is 0 Å². The smallest absolute Gasteiger partial charge is 0.307 e. The molecule has 8 heteroatoms. The first-order valence-electron chi connectivity index (χ1n) is 10.4. The van der Waals surface area contributed by atoms with Crippen molar-refractivity contribution in [1.29, 1.82) is 0 Å². The van der Waals surface area contributed by atoms with Gasteiger partial charge in [-0.1, -0.05) is 12.1 Å². The van der Waals surface area contributed by atoms with Crippen LogP contribution in [0.25, 0.3) is 22.4 Å². The van der Waals surface area contributed by atoms with Gasteiger partial charge in [-0.3, -0.25) is 9.00 Å². The molecule has 2 aliphatic rings. The molecule has 6 rings (SSSR count). The van der Waals surface area contributed by atoms with Crippen LogP contribution < -0.4 is 4.90 Å². The molecule has 32 heavy (non-hydrogen) atoms. The van der Waals surface area contributed by atoms with Crippen molar-refractivity contribution < 1.29 is 18.5 Å². The highest BCUT2D eigenvalue weighted by Gasteiger charge is 2.31. The second-order valence-corrected chi connectivity index (χ2v) is 9.59. The molecule has 0 bridgehead atoms. The zero-order chi connectivity index (χ0) is 21.8. The van der Waals surface area contributed by atoms with E-state index in [2.05, 4.69) is 4.90 Å². The number of aromatic nitrogens is 2. The average Bonchev–Trinajstić information content (AvgIpc) is 3.48. The average molecular weight is 446 g/mol. The van der Waals surface area contributed by atoms with Gasteiger partial charge < -0.3 is 14.4 Å². The Kier molecular flexibility index (Phi) is 4.36. The van der Waals surface area contributed by atoms with E-state index in [9.17, 15) is 9.00 Å². The monoisotopic (exact) mass is 445 g/mol. The summed E-state index contributed by atoms with van der Waals surface area (Å²) in [5.74, 6) is 1.46. The topological polar surface area (TPSA) is 96.5 Å². The lowest BCUT2D eigenvalue weighted by Gasteiger charge is -2.22. The molecule has 0 radical (unpaired) electrons. The third-order valence-electron chi connectivity index (χ3n) is 6.04. The minimum absolute atomic E-state index is 0.00973. The first-order valence-corrected chi connectivity index (χ1v) is 11.9. The van der Waals surface area contributed by atoms with E-state index in [0.29, 0.717) is 17.3 Å². The number of carbonyl (C=O) groups is 1. The number of hydrogen-bond acceptors (Lipinski definition) is 6. The standard InChI is InChI=1S/C24H19N3O4S/c28-22(29)10-14-1-3-20-15(9-14)5-7-27(20)24-18-12-32(30)13-19(18)25-23(26-24)17-2-4-21-16(11-17)6-8-31-21/h1-4,6,8-9,11H,5,7,10,12-13H2,(H,28,29). The molecule has 0 fully saturated rings. The largest absolute Gasteiger partial charge is 0.481 e. The number of benzene rings is 2. The van der Waals surface area contributed by atoms with Crippen LogP contribution in [0.3, 0.4) is 0 Å². The number of carboxylic acid groups (broad SMARTS) is 1. The Morgan fingerprint density at radius 3 is 2.91 bits per heavy atom. The van der Waals surface area contributed by atoms with E-state index in [-0.39, 0.29) is 6.42 Å². The third-order valence-corrected chi connectivity index (χ3v) is 7.24. The van der Waals surface area contributed by atoms with Gasteiger partial charge in [0.1, 0.15) is 11.4 Å². The van der Waals surface area contributed by atoms with Gasteiger partial charge in [-0.05, 0) is 47.9 Å². The van der Waals surface area contributed by atoms with Crippen LogP contribution in [0.4, 0.5) is 11.5 Å². The molecule has 2 aromatic carbocycles. The summed E-state index contributed by atoms with van der Waals surface area (Å²) in [5, 5.41) is 10.1. The van der Waals surface area contributed by atoms with E-state index in [0.717, 1.165) is 63.4 Å². The van der Waals surface area contributed by atoms with Gasteiger partial charge in [0.2, 0.25) is 0 Å². The minimum Gasteiger partial charge on any atom is -0.481 e. The Bertz CT molecular complexity index is 1430. The molecule has 0 amide bonds. The highest BCUT2D eigenvalue weighted by atomic mass is 32.2. The molecule has 0 saturated heterocycles. The van der Waals surface area contributed by atoms with E-state index < -0.39 is 16.8 Å². The van der Waals surface area contributed by atoms with Crippen molar-refractivity contribution >= 4 is 39.2 Å². The number of nitrogens with zero attached hydrogens (tertiary/aromatic N) is 3. The summed E-state index contributed by atoms with van der Waals surface area (Å²) < 4.78 is 17.9. The quantitative estimate of drug-likeness (QED) is 0.508. The maximum atomic E-state index is 12.4. The van der Waals surface area contributed by atoms with E-state index >= 15 is 0 Å².